The van der Waals surface area contributed by atoms with Gasteiger partial charge in [0.15, 0.2) is 0 Å². The van der Waals surface area contributed by atoms with Crippen molar-refractivity contribution in [3.8, 4) is 5.13 Å². The van der Waals surface area contributed by atoms with E-state index >= 15 is 0 Å². The SMILES string of the molecule is Cc1cc(C)c2nc(-n3nc(C)cc3NC(=O)c3ccccc3[N+](=O)[O-])sc2c1. The van der Waals surface area contributed by atoms with Crippen LogP contribution in [0.25, 0.3) is 15.3 Å². The topological polar surface area (TPSA) is 103 Å². The van der Waals surface area contributed by atoms with Crippen molar-refractivity contribution in [3.63, 3.8) is 0 Å². The van der Waals surface area contributed by atoms with Crippen LogP contribution in [0, 0.1) is 30.9 Å². The molecular weight excluding hydrogens is 390 g/mol. The minimum atomic E-state index is -0.577. The van der Waals surface area contributed by atoms with E-state index in [0.717, 1.165) is 21.3 Å². The molecule has 2 aromatic heterocycles. The number of hydrogen-bond acceptors (Lipinski definition) is 6. The van der Waals surface area contributed by atoms with Crippen LogP contribution in [-0.2, 0) is 0 Å². The molecule has 146 valence electrons. The number of carbonyl (C=O) groups is 1. The molecule has 0 aliphatic heterocycles. The Morgan fingerprint density at radius 1 is 1.17 bits per heavy atom. The normalized spacial score (nSPS) is 11.0. The van der Waals surface area contributed by atoms with Gasteiger partial charge in [0.05, 0.1) is 20.8 Å². The van der Waals surface area contributed by atoms with Gasteiger partial charge in [-0.2, -0.15) is 9.78 Å². The molecule has 0 saturated carbocycles. The van der Waals surface area contributed by atoms with Gasteiger partial charge in [0, 0.05) is 12.1 Å². The third kappa shape index (κ3) is 3.47. The maximum Gasteiger partial charge on any atom is 0.282 e. The zero-order valence-electron chi connectivity index (χ0n) is 16.0. The second-order valence-corrected chi connectivity index (χ2v) is 7.75. The van der Waals surface area contributed by atoms with Crippen LogP contribution in [0.15, 0.2) is 42.5 Å². The summed E-state index contributed by atoms with van der Waals surface area (Å²) in [6.07, 6.45) is 0. The van der Waals surface area contributed by atoms with E-state index in [2.05, 4.69) is 27.5 Å². The highest BCUT2D eigenvalue weighted by atomic mass is 32.1. The molecule has 4 rings (SSSR count). The van der Waals surface area contributed by atoms with Crippen LogP contribution >= 0.6 is 11.3 Å². The summed E-state index contributed by atoms with van der Waals surface area (Å²) in [5, 5.41) is 19.0. The van der Waals surface area contributed by atoms with Crippen molar-refractivity contribution < 1.29 is 9.72 Å². The number of nitro groups is 1. The molecule has 0 radical (unpaired) electrons. The predicted octanol–water partition coefficient (Wildman–Crippen LogP) is 4.57. The third-order valence-electron chi connectivity index (χ3n) is 4.42. The summed E-state index contributed by atoms with van der Waals surface area (Å²) >= 11 is 1.47. The fourth-order valence-corrected chi connectivity index (χ4v) is 4.30. The number of benzene rings is 2. The van der Waals surface area contributed by atoms with Crippen molar-refractivity contribution in [2.45, 2.75) is 20.8 Å². The fraction of sp³-hybridized carbons (Fsp3) is 0.150. The minimum absolute atomic E-state index is 0.0151. The van der Waals surface area contributed by atoms with Crippen molar-refractivity contribution >= 4 is 39.0 Å². The lowest BCUT2D eigenvalue weighted by atomic mass is 10.1. The average Bonchev–Trinajstić information content (AvgIpc) is 3.24. The number of thiazole rings is 1. The summed E-state index contributed by atoms with van der Waals surface area (Å²) in [4.78, 5) is 28.1. The van der Waals surface area contributed by atoms with Gasteiger partial charge < -0.3 is 5.32 Å². The summed E-state index contributed by atoms with van der Waals surface area (Å²) < 4.78 is 2.59. The number of fused-ring (bicyclic) bond motifs is 1. The Bertz CT molecular complexity index is 1270. The zero-order valence-corrected chi connectivity index (χ0v) is 16.8. The molecule has 0 aliphatic carbocycles. The lowest BCUT2D eigenvalue weighted by Crippen LogP contribution is -2.16. The average molecular weight is 407 g/mol. The van der Waals surface area contributed by atoms with Crippen LogP contribution in [0.3, 0.4) is 0 Å². The molecule has 0 atom stereocenters. The predicted molar refractivity (Wildman–Crippen MR) is 112 cm³/mol. The molecule has 0 unspecified atom stereocenters. The lowest BCUT2D eigenvalue weighted by molar-refractivity contribution is -0.385. The number of carbonyl (C=O) groups excluding carboxylic acids is 1. The number of nitrogens with one attached hydrogen (secondary N) is 1. The van der Waals surface area contributed by atoms with Gasteiger partial charge in [0.1, 0.15) is 11.4 Å². The van der Waals surface area contributed by atoms with Crippen molar-refractivity contribution in [2.24, 2.45) is 0 Å². The van der Waals surface area contributed by atoms with Gasteiger partial charge in [-0.25, -0.2) is 4.98 Å². The largest absolute Gasteiger partial charge is 0.306 e. The highest BCUT2D eigenvalue weighted by Gasteiger charge is 2.22. The summed E-state index contributed by atoms with van der Waals surface area (Å²) in [6, 6.07) is 11.7. The summed E-state index contributed by atoms with van der Waals surface area (Å²) in [5.74, 6) is -0.175. The molecule has 0 fully saturated rings. The number of aryl methyl sites for hydroxylation is 3. The van der Waals surface area contributed by atoms with Crippen molar-refractivity contribution in [3.05, 3.63) is 75.0 Å². The van der Waals surface area contributed by atoms with E-state index in [-0.39, 0.29) is 11.3 Å². The van der Waals surface area contributed by atoms with E-state index in [1.54, 1.807) is 23.7 Å². The lowest BCUT2D eigenvalue weighted by Gasteiger charge is -2.07. The second kappa shape index (κ2) is 7.10. The van der Waals surface area contributed by atoms with Gasteiger partial charge in [-0.3, -0.25) is 14.9 Å². The molecule has 0 aliphatic rings. The first-order chi connectivity index (χ1) is 13.8. The molecular formula is C20H17N5O3S. The number of aromatic nitrogens is 3. The molecule has 1 amide bonds. The first-order valence-electron chi connectivity index (χ1n) is 8.83. The fourth-order valence-electron chi connectivity index (χ4n) is 3.19. The molecule has 0 bridgehead atoms. The monoisotopic (exact) mass is 407 g/mol. The molecule has 0 saturated heterocycles. The summed E-state index contributed by atoms with van der Waals surface area (Å²) in [6.45, 7) is 5.84. The summed E-state index contributed by atoms with van der Waals surface area (Å²) in [5.41, 5.74) is 3.52. The molecule has 29 heavy (non-hydrogen) atoms. The van der Waals surface area contributed by atoms with E-state index in [1.165, 1.54) is 29.5 Å². The summed E-state index contributed by atoms with van der Waals surface area (Å²) in [7, 11) is 0. The standard InChI is InChI=1S/C20H17N5O3S/c1-11-8-12(2)18-16(9-11)29-20(22-18)24-17(10-13(3)23-24)21-19(26)14-6-4-5-7-15(14)25(27)28/h4-10H,1-3H3,(H,21,26). The van der Waals surface area contributed by atoms with Gasteiger partial charge in [0.2, 0.25) is 5.13 Å². The Balaban J connectivity index is 1.74. The van der Waals surface area contributed by atoms with E-state index in [1.807, 2.05) is 13.8 Å². The van der Waals surface area contributed by atoms with Gasteiger partial charge in [-0.1, -0.05) is 29.5 Å². The number of nitro benzene ring substituents is 1. The first kappa shape index (κ1) is 18.8. The Morgan fingerprint density at radius 3 is 2.69 bits per heavy atom. The van der Waals surface area contributed by atoms with Crippen molar-refractivity contribution in [1.29, 1.82) is 0 Å². The van der Waals surface area contributed by atoms with Crippen LogP contribution < -0.4 is 5.32 Å². The Labute approximate surface area is 170 Å². The van der Waals surface area contributed by atoms with E-state index < -0.39 is 10.8 Å². The molecule has 2 heterocycles. The van der Waals surface area contributed by atoms with Gasteiger partial charge in [-0.15, -0.1) is 0 Å². The number of rotatable bonds is 4. The van der Waals surface area contributed by atoms with Crippen molar-refractivity contribution in [1.82, 2.24) is 14.8 Å². The Kier molecular flexibility index (Phi) is 4.59. The number of nitrogens with zero attached hydrogens (tertiary/aromatic N) is 4. The quantitative estimate of drug-likeness (QED) is 0.394. The molecule has 0 spiro atoms. The molecule has 8 nitrogen and oxygen atoms in total. The molecule has 4 aromatic rings. The highest BCUT2D eigenvalue weighted by molar-refractivity contribution is 7.20. The van der Waals surface area contributed by atoms with Crippen LogP contribution in [-0.4, -0.2) is 25.6 Å². The second-order valence-electron chi connectivity index (χ2n) is 6.74. The zero-order chi connectivity index (χ0) is 20.7. The first-order valence-corrected chi connectivity index (χ1v) is 9.65. The van der Waals surface area contributed by atoms with Crippen LogP contribution in [0.5, 0.6) is 0 Å². The number of amides is 1. The van der Waals surface area contributed by atoms with Gasteiger partial charge >= 0.3 is 0 Å². The molecule has 9 heteroatoms. The van der Waals surface area contributed by atoms with Gasteiger partial charge in [-0.05, 0) is 44.0 Å². The van der Waals surface area contributed by atoms with E-state index in [9.17, 15) is 14.9 Å². The van der Waals surface area contributed by atoms with Crippen LogP contribution in [0.2, 0.25) is 0 Å². The Hall–Kier alpha value is -3.59. The van der Waals surface area contributed by atoms with Gasteiger partial charge in [0.25, 0.3) is 11.6 Å². The van der Waals surface area contributed by atoms with E-state index in [4.69, 9.17) is 0 Å². The van der Waals surface area contributed by atoms with E-state index in [0.29, 0.717) is 16.6 Å². The minimum Gasteiger partial charge on any atom is -0.306 e. The van der Waals surface area contributed by atoms with Crippen LogP contribution in [0.4, 0.5) is 11.5 Å². The highest BCUT2D eigenvalue weighted by Crippen LogP contribution is 2.30. The van der Waals surface area contributed by atoms with Crippen LogP contribution in [0.1, 0.15) is 27.2 Å². The smallest absolute Gasteiger partial charge is 0.282 e. The van der Waals surface area contributed by atoms with Crippen molar-refractivity contribution in [2.75, 3.05) is 5.32 Å². The maximum absolute atomic E-state index is 12.7. The maximum atomic E-state index is 12.7. The molecule has 2 aromatic carbocycles. The third-order valence-corrected chi connectivity index (χ3v) is 5.40. The number of para-hydroxylation sites is 1. The Morgan fingerprint density at radius 2 is 1.93 bits per heavy atom. The number of hydrogen-bond donors (Lipinski definition) is 1. The molecule has 1 N–H and O–H groups in total. The number of anilines is 1.